The Bertz CT molecular complexity index is 142. The molecule has 0 aliphatic rings. The molecule has 1 unspecified atom stereocenters. The maximum Gasteiger partial charge on any atom is 0.246 e. The van der Waals surface area contributed by atoms with Gasteiger partial charge in [-0.05, 0) is 12.8 Å². The first-order valence-corrected chi connectivity index (χ1v) is 5.60. The van der Waals surface area contributed by atoms with Crippen molar-refractivity contribution in [3.63, 3.8) is 0 Å². The summed E-state index contributed by atoms with van der Waals surface area (Å²) in [5.74, 6) is -0.0358. The minimum Gasteiger partial charge on any atom is -0.372 e. The van der Waals surface area contributed by atoms with Crippen LogP contribution in [0.25, 0.3) is 0 Å². The Morgan fingerprint density at radius 2 is 2.23 bits per heavy atom. The smallest absolute Gasteiger partial charge is 0.246 e. The molecule has 0 bridgehead atoms. The molecule has 0 saturated carbocycles. The molecule has 4 heteroatoms. The van der Waals surface area contributed by atoms with Gasteiger partial charge in [0.15, 0.2) is 0 Å². The second-order valence-electron chi connectivity index (χ2n) is 2.86. The Labute approximate surface area is 88.4 Å². The molecule has 0 saturated heterocycles. The van der Waals surface area contributed by atoms with Crippen LogP contribution < -0.4 is 5.32 Å². The Hall–Kier alpha value is -0.0900. The molecular weight excluding hydrogens is 234 g/mol. The molecule has 13 heavy (non-hydrogen) atoms. The molecule has 1 atom stereocenters. The molecule has 1 amide bonds. The van der Waals surface area contributed by atoms with Crippen LogP contribution in [0.5, 0.6) is 0 Å². The van der Waals surface area contributed by atoms with Crippen LogP contribution in [-0.2, 0) is 9.53 Å². The topological polar surface area (TPSA) is 38.3 Å². The highest BCUT2D eigenvalue weighted by molar-refractivity contribution is 9.09. The lowest BCUT2D eigenvalue weighted by atomic mass is 10.3. The zero-order valence-electron chi connectivity index (χ0n) is 8.31. The molecule has 0 aromatic carbocycles. The first-order chi connectivity index (χ1) is 6.20. The van der Waals surface area contributed by atoms with Gasteiger partial charge >= 0.3 is 0 Å². The van der Waals surface area contributed by atoms with Crippen molar-refractivity contribution in [2.24, 2.45) is 0 Å². The minimum absolute atomic E-state index is 0.0358. The summed E-state index contributed by atoms with van der Waals surface area (Å²) in [5.41, 5.74) is 0. The average molecular weight is 252 g/mol. The number of halogens is 1. The van der Waals surface area contributed by atoms with E-state index in [1.807, 2.05) is 6.92 Å². The Morgan fingerprint density at radius 3 is 2.77 bits per heavy atom. The average Bonchev–Trinajstić information content (AvgIpc) is 2.14. The van der Waals surface area contributed by atoms with Crippen LogP contribution in [0.4, 0.5) is 0 Å². The zero-order chi connectivity index (χ0) is 10.1. The monoisotopic (exact) mass is 251 g/mol. The van der Waals surface area contributed by atoms with Gasteiger partial charge in [-0.15, -0.1) is 0 Å². The maximum atomic E-state index is 11.1. The normalized spacial score (nSPS) is 12.5. The molecule has 1 N–H and O–H groups in total. The van der Waals surface area contributed by atoms with Crippen LogP contribution >= 0.6 is 15.9 Å². The Kier molecular flexibility index (Phi) is 8.45. The number of hydrogen-bond acceptors (Lipinski definition) is 2. The van der Waals surface area contributed by atoms with Crippen molar-refractivity contribution in [3.8, 4) is 0 Å². The molecule has 0 fully saturated rings. The molecule has 0 aromatic heterocycles. The van der Waals surface area contributed by atoms with Gasteiger partial charge in [-0.3, -0.25) is 4.79 Å². The van der Waals surface area contributed by atoms with E-state index in [0.717, 1.165) is 12.8 Å². The van der Waals surface area contributed by atoms with Gasteiger partial charge in [0.1, 0.15) is 6.61 Å². The molecule has 0 heterocycles. The maximum absolute atomic E-state index is 11.1. The third-order valence-corrected chi connectivity index (χ3v) is 2.52. The predicted molar refractivity (Wildman–Crippen MR) is 57.1 cm³/mol. The minimum atomic E-state index is -0.0358. The number of ether oxygens (including phenoxy) is 1. The van der Waals surface area contributed by atoms with Gasteiger partial charge < -0.3 is 10.1 Å². The summed E-state index contributed by atoms with van der Waals surface area (Å²) in [7, 11) is 0. The largest absolute Gasteiger partial charge is 0.372 e. The molecule has 0 aliphatic heterocycles. The van der Waals surface area contributed by atoms with Gasteiger partial charge in [-0.25, -0.2) is 0 Å². The van der Waals surface area contributed by atoms with Gasteiger partial charge in [-0.2, -0.15) is 0 Å². The van der Waals surface area contributed by atoms with E-state index in [1.54, 1.807) is 0 Å². The summed E-state index contributed by atoms with van der Waals surface area (Å²) in [4.78, 5) is 11.4. The Balaban J connectivity index is 3.30. The van der Waals surface area contributed by atoms with Crippen LogP contribution in [0.1, 0.15) is 26.7 Å². The number of rotatable bonds is 7. The van der Waals surface area contributed by atoms with Crippen LogP contribution in [0.2, 0.25) is 0 Å². The van der Waals surface area contributed by atoms with Crippen LogP contribution in [0.3, 0.4) is 0 Å². The van der Waals surface area contributed by atoms with Gasteiger partial charge in [-0.1, -0.05) is 29.8 Å². The second kappa shape index (κ2) is 8.51. The highest BCUT2D eigenvalue weighted by Gasteiger charge is 2.04. The van der Waals surface area contributed by atoms with Crippen molar-refractivity contribution in [1.29, 1.82) is 0 Å². The SMILES string of the molecule is CCCOCC(=O)NCC(Br)CC. The lowest BCUT2D eigenvalue weighted by molar-refractivity contribution is -0.125. The third kappa shape index (κ3) is 8.25. The number of nitrogens with one attached hydrogen (secondary N) is 1. The summed E-state index contributed by atoms with van der Waals surface area (Å²) >= 11 is 3.43. The zero-order valence-corrected chi connectivity index (χ0v) is 9.89. The van der Waals surface area contributed by atoms with Crippen LogP contribution in [0.15, 0.2) is 0 Å². The molecule has 0 aromatic rings. The molecule has 0 aliphatic carbocycles. The quantitative estimate of drug-likeness (QED) is 0.553. The lowest BCUT2D eigenvalue weighted by Gasteiger charge is -2.08. The van der Waals surface area contributed by atoms with E-state index in [1.165, 1.54) is 0 Å². The fourth-order valence-electron chi connectivity index (χ4n) is 0.729. The standard InChI is InChI=1S/C9H18BrNO2/c1-3-5-13-7-9(12)11-6-8(10)4-2/h8H,3-7H2,1-2H3,(H,11,12). The highest BCUT2D eigenvalue weighted by Crippen LogP contribution is 2.01. The third-order valence-electron chi connectivity index (χ3n) is 1.55. The molecule has 78 valence electrons. The van der Waals surface area contributed by atoms with E-state index in [4.69, 9.17) is 4.74 Å². The van der Waals surface area contributed by atoms with E-state index < -0.39 is 0 Å². The summed E-state index contributed by atoms with van der Waals surface area (Å²) in [6, 6.07) is 0. The molecule has 3 nitrogen and oxygen atoms in total. The van der Waals surface area contributed by atoms with Crippen molar-refractivity contribution in [2.45, 2.75) is 31.5 Å². The number of amides is 1. The number of carbonyl (C=O) groups is 1. The Morgan fingerprint density at radius 1 is 1.54 bits per heavy atom. The first kappa shape index (κ1) is 12.9. The molecule has 0 rings (SSSR count). The number of carbonyl (C=O) groups excluding carboxylic acids is 1. The van der Waals surface area contributed by atoms with Crippen molar-refractivity contribution in [1.82, 2.24) is 5.32 Å². The summed E-state index contributed by atoms with van der Waals surface area (Å²) < 4.78 is 5.08. The van der Waals surface area contributed by atoms with E-state index >= 15 is 0 Å². The molecule has 0 spiro atoms. The van der Waals surface area contributed by atoms with Gasteiger partial charge in [0.2, 0.25) is 5.91 Å². The first-order valence-electron chi connectivity index (χ1n) is 4.69. The van der Waals surface area contributed by atoms with Crippen molar-refractivity contribution < 1.29 is 9.53 Å². The van der Waals surface area contributed by atoms with E-state index in [-0.39, 0.29) is 12.5 Å². The summed E-state index contributed by atoms with van der Waals surface area (Å²) in [6.45, 7) is 5.59. The van der Waals surface area contributed by atoms with Gasteiger partial charge in [0.05, 0.1) is 0 Å². The van der Waals surface area contributed by atoms with Crippen molar-refractivity contribution in [2.75, 3.05) is 19.8 Å². The molecular formula is C9H18BrNO2. The van der Waals surface area contributed by atoms with E-state index in [9.17, 15) is 4.79 Å². The lowest BCUT2D eigenvalue weighted by Crippen LogP contribution is -2.32. The van der Waals surface area contributed by atoms with Crippen LogP contribution in [0, 0.1) is 0 Å². The van der Waals surface area contributed by atoms with Gasteiger partial charge in [0, 0.05) is 18.0 Å². The van der Waals surface area contributed by atoms with E-state index in [0.29, 0.717) is 18.0 Å². The number of hydrogen-bond donors (Lipinski definition) is 1. The summed E-state index contributed by atoms with van der Waals surface area (Å²) in [6.07, 6.45) is 1.96. The molecule has 0 radical (unpaired) electrons. The van der Waals surface area contributed by atoms with Gasteiger partial charge in [0.25, 0.3) is 0 Å². The van der Waals surface area contributed by atoms with Crippen molar-refractivity contribution >= 4 is 21.8 Å². The second-order valence-corrected chi connectivity index (χ2v) is 4.16. The summed E-state index contributed by atoms with van der Waals surface area (Å²) in [5, 5.41) is 2.78. The number of alkyl halides is 1. The van der Waals surface area contributed by atoms with Crippen LogP contribution in [-0.4, -0.2) is 30.5 Å². The van der Waals surface area contributed by atoms with E-state index in [2.05, 4.69) is 28.2 Å². The fourth-order valence-corrected chi connectivity index (χ4v) is 0.891. The van der Waals surface area contributed by atoms with Crippen molar-refractivity contribution in [3.05, 3.63) is 0 Å². The predicted octanol–water partition coefficient (Wildman–Crippen LogP) is 1.70. The fraction of sp³-hybridized carbons (Fsp3) is 0.889. The highest BCUT2D eigenvalue weighted by atomic mass is 79.9.